The normalized spacial score (nSPS) is 24.7. The van der Waals surface area contributed by atoms with Gasteiger partial charge in [-0.15, -0.1) is 0 Å². The number of rotatable bonds is 6. The predicted octanol–water partition coefficient (Wildman–Crippen LogP) is 0.800. The van der Waals surface area contributed by atoms with E-state index < -0.39 is 6.09 Å². The lowest BCUT2D eigenvalue weighted by Gasteiger charge is -2.44. The fraction of sp³-hybridized carbons (Fsp3) is 0.762. The number of morpholine rings is 1. The Bertz CT molecular complexity index is 760. The third kappa shape index (κ3) is 5.19. The van der Waals surface area contributed by atoms with Gasteiger partial charge in [0.05, 0.1) is 37.6 Å². The monoisotopic (exact) mass is 434 g/mol. The molecule has 3 aliphatic rings. The van der Waals surface area contributed by atoms with Crippen molar-refractivity contribution in [3.63, 3.8) is 0 Å². The molecule has 2 saturated heterocycles. The number of carboxylic acid groups (broad SMARTS) is 1. The Labute approximate surface area is 183 Å². The molecule has 2 N–H and O–H groups in total. The fourth-order valence-corrected chi connectivity index (χ4v) is 4.79. The molecule has 10 heteroatoms. The summed E-state index contributed by atoms with van der Waals surface area (Å²) in [6, 6.07) is 0.207. The van der Waals surface area contributed by atoms with Crippen LogP contribution in [0, 0.1) is 0 Å². The average molecular weight is 435 g/mol. The summed E-state index contributed by atoms with van der Waals surface area (Å²) in [6.07, 6.45) is 0.918. The molecule has 0 spiro atoms. The van der Waals surface area contributed by atoms with Crippen LogP contribution >= 0.6 is 0 Å². The molecule has 0 bridgehead atoms. The zero-order valence-corrected chi connectivity index (χ0v) is 18.5. The van der Waals surface area contributed by atoms with Gasteiger partial charge in [-0.2, -0.15) is 9.97 Å². The summed E-state index contributed by atoms with van der Waals surface area (Å²) in [5, 5.41) is 12.9. The summed E-state index contributed by atoms with van der Waals surface area (Å²) >= 11 is 0. The van der Waals surface area contributed by atoms with Crippen LogP contribution in [0.2, 0.25) is 0 Å². The molecular weight excluding hydrogens is 400 g/mol. The van der Waals surface area contributed by atoms with E-state index >= 15 is 0 Å². The minimum Gasteiger partial charge on any atom is -0.465 e. The summed E-state index contributed by atoms with van der Waals surface area (Å²) in [5.41, 5.74) is 2.14. The van der Waals surface area contributed by atoms with Crippen molar-refractivity contribution < 1.29 is 19.4 Å². The standard InChI is InChI=1S/C21H34N6O4/c1-15-13-26(14-16(2)27(15)21(28)29)19-17-4-5-22-12-18(17)23-20(24-19)31-9-3-6-25-7-10-30-11-8-25/h15-16,22H,3-14H2,1-2H3,(H,28,29). The van der Waals surface area contributed by atoms with Gasteiger partial charge in [-0.1, -0.05) is 0 Å². The summed E-state index contributed by atoms with van der Waals surface area (Å²) < 4.78 is 11.4. The molecule has 1 amide bonds. The number of hydrogen-bond donors (Lipinski definition) is 2. The summed E-state index contributed by atoms with van der Waals surface area (Å²) in [5.74, 6) is 0.901. The van der Waals surface area contributed by atoms with Crippen LogP contribution in [-0.2, 0) is 17.7 Å². The van der Waals surface area contributed by atoms with Gasteiger partial charge in [0.2, 0.25) is 0 Å². The highest BCUT2D eigenvalue weighted by Crippen LogP contribution is 2.29. The van der Waals surface area contributed by atoms with E-state index in [-0.39, 0.29) is 12.1 Å². The number of carbonyl (C=O) groups is 1. The molecule has 31 heavy (non-hydrogen) atoms. The molecule has 0 saturated carbocycles. The van der Waals surface area contributed by atoms with Crippen LogP contribution in [0.5, 0.6) is 6.01 Å². The first-order chi connectivity index (χ1) is 15.0. The van der Waals surface area contributed by atoms with Crippen LogP contribution < -0.4 is 15.0 Å². The smallest absolute Gasteiger partial charge is 0.407 e. The second kappa shape index (κ2) is 9.97. The van der Waals surface area contributed by atoms with Gasteiger partial charge in [-0.25, -0.2) is 4.79 Å². The first-order valence-electron chi connectivity index (χ1n) is 11.3. The van der Waals surface area contributed by atoms with E-state index in [1.165, 1.54) is 4.90 Å². The van der Waals surface area contributed by atoms with Crippen LogP contribution in [0.3, 0.4) is 0 Å². The SMILES string of the molecule is CC1CN(c2nc(OCCCN3CCOCC3)nc3c2CCNC3)CC(C)N1C(=O)O. The summed E-state index contributed by atoms with van der Waals surface area (Å²) in [4.78, 5) is 27.2. The lowest BCUT2D eigenvalue weighted by Crippen LogP contribution is -2.58. The lowest BCUT2D eigenvalue weighted by atomic mass is 10.0. The van der Waals surface area contributed by atoms with E-state index in [1.54, 1.807) is 0 Å². The third-order valence-corrected chi connectivity index (χ3v) is 6.29. The highest BCUT2D eigenvalue weighted by Gasteiger charge is 2.35. The first kappa shape index (κ1) is 22.0. The minimum absolute atomic E-state index is 0.105. The molecule has 4 rings (SSSR count). The van der Waals surface area contributed by atoms with E-state index in [0.29, 0.717) is 32.3 Å². The Hall–Kier alpha value is -2.17. The van der Waals surface area contributed by atoms with Crippen molar-refractivity contribution in [3.05, 3.63) is 11.3 Å². The average Bonchev–Trinajstić information content (AvgIpc) is 2.76. The van der Waals surface area contributed by atoms with Crippen molar-refractivity contribution >= 4 is 11.9 Å². The van der Waals surface area contributed by atoms with Gasteiger partial charge in [-0.05, 0) is 33.2 Å². The molecule has 1 aromatic heterocycles. The maximum atomic E-state index is 11.6. The minimum atomic E-state index is -0.863. The maximum absolute atomic E-state index is 11.6. The van der Waals surface area contributed by atoms with Crippen molar-refractivity contribution in [3.8, 4) is 6.01 Å². The van der Waals surface area contributed by atoms with E-state index in [0.717, 1.165) is 69.3 Å². The Morgan fingerprint density at radius 2 is 1.97 bits per heavy atom. The number of nitrogens with zero attached hydrogens (tertiary/aromatic N) is 5. The van der Waals surface area contributed by atoms with Gasteiger partial charge in [0.15, 0.2) is 0 Å². The van der Waals surface area contributed by atoms with Gasteiger partial charge >= 0.3 is 12.1 Å². The second-order valence-electron chi connectivity index (χ2n) is 8.63. The molecule has 1 aromatic rings. The van der Waals surface area contributed by atoms with Crippen LogP contribution in [0.25, 0.3) is 0 Å². The lowest BCUT2D eigenvalue weighted by molar-refractivity contribution is 0.0356. The molecule has 2 fully saturated rings. The number of amides is 1. The van der Waals surface area contributed by atoms with Crippen LogP contribution in [-0.4, -0.2) is 102 Å². The van der Waals surface area contributed by atoms with Crippen LogP contribution in [0.1, 0.15) is 31.5 Å². The maximum Gasteiger partial charge on any atom is 0.407 e. The van der Waals surface area contributed by atoms with E-state index in [4.69, 9.17) is 14.5 Å². The van der Waals surface area contributed by atoms with Crippen LogP contribution in [0.4, 0.5) is 10.6 Å². The number of ether oxygens (including phenoxy) is 2. The Morgan fingerprint density at radius 3 is 2.68 bits per heavy atom. The van der Waals surface area contributed by atoms with Crippen molar-refractivity contribution in [2.75, 3.05) is 64.0 Å². The van der Waals surface area contributed by atoms with Gasteiger partial charge in [-0.3, -0.25) is 9.80 Å². The van der Waals surface area contributed by atoms with Gasteiger partial charge in [0.1, 0.15) is 5.82 Å². The fourth-order valence-electron chi connectivity index (χ4n) is 4.79. The van der Waals surface area contributed by atoms with E-state index in [9.17, 15) is 9.90 Å². The highest BCUT2D eigenvalue weighted by atomic mass is 16.5. The largest absolute Gasteiger partial charge is 0.465 e. The van der Waals surface area contributed by atoms with E-state index in [1.807, 2.05) is 13.8 Å². The van der Waals surface area contributed by atoms with Crippen molar-refractivity contribution in [1.82, 2.24) is 25.1 Å². The molecule has 4 heterocycles. The summed E-state index contributed by atoms with van der Waals surface area (Å²) in [7, 11) is 0. The number of fused-ring (bicyclic) bond motifs is 1. The Morgan fingerprint density at radius 1 is 1.23 bits per heavy atom. The van der Waals surface area contributed by atoms with E-state index in [2.05, 4.69) is 20.1 Å². The van der Waals surface area contributed by atoms with Crippen molar-refractivity contribution in [1.29, 1.82) is 0 Å². The molecule has 0 radical (unpaired) electrons. The number of aromatic nitrogens is 2. The van der Waals surface area contributed by atoms with Gasteiger partial charge in [0, 0.05) is 44.8 Å². The third-order valence-electron chi connectivity index (χ3n) is 6.29. The zero-order chi connectivity index (χ0) is 21.8. The first-order valence-corrected chi connectivity index (χ1v) is 11.3. The highest BCUT2D eigenvalue weighted by molar-refractivity contribution is 5.67. The molecule has 0 aromatic carbocycles. The molecule has 2 atom stereocenters. The Balaban J connectivity index is 1.45. The van der Waals surface area contributed by atoms with Crippen LogP contribution in [0.15, 0.2) is 0 Å². The quantitative estimate of drug-likeness (QED) is 0.629. The van der Waals surface area contributed by atoms with Crippen molar-refractivity contribution in [2.45, 2.75) is 45.3 Å². The zero-order valence-electron chi connectivity index (χ0n) is 18.5. The number of hydrogen-bond acceptors (Lipinski definition) is 8. The molecule has 172 valence electrons. The molecule has 10 nitrogen and oxygen atoms in total. The number of anilines is 1. The Kier molecular flexibility index (Phi) is 7.09. The second-order valence-corrected chi connectivity index (χ2v) is 8.63. The predicted molar refractivity (Wildman–Crippen MR) is 116 cm³/mol. The molecule has 3 aliphatic heterocycles. The molecule has 0 aliphatic carbocycles. The van der Waals surface area contributed by atoms with Gasteiger partial charge < -0.3 is 24.8 Å². The number of piperazine rings is 1. The van der Waals surface area contributed by atoms with Crippen molar-refractivity contribution in [2.24, 2.45) is 0 Å². The topological polar surface area (TPSA) is 103 Å². The van der Waals surface area contributed by atoms with Gasteiger partial charge in [0.25, 0.3) is 0 Å². The summed E-state index contributed by atoms with van der Waals surface area (Å²) in [6.45, 7) is 11.8. The number of nitrogens with one attached hydrogen (secondary N) is 1. The molecular formula is C21H34N6O4. The molecule has 2 unspecified atom stereocenters.